The zero-order valence-electron chi connectivity index (χ0n) is 17.0. The summed E-state index contributed by atoms with van der Waals surface area (Å²) in [6, 6.07) is 5.17. The third-order valence-corrected chi connectivity index (χ3v) is 5.96. The molecule has 4 rings (SSSR count). The van der Waals surface area contributed by atoms with Crippen LogP contribution >= 0.6 is 23.2 Å². The second-order valence-electron chi connectivity index (χ2n) is 7.63. The Morgan fingerprint density at radius 3 is 2.84 bits per heavy atom. The first-order valence-electron chi connectivity index (χ1n) is 10.3. The van der Waals surface area contributed by atoms with Gasteiger partial charge in [0.1, 0.15) is 0 Å². The summed E-state index contributed by atoms with van der Waals surface area (Å²) in [5.74, 6) is 1.17. The van der Waals surface area contributed by atoms with Crippen LogP contribution in [0, 0.1) is 5.92 Å². The first-order valence-corrected chi connectivity index (χ1v) is 11.1. The van der Waals surface area contributed by atoms with Crippen molar-refractivity contribution in [1.29, 1.82) is 0 Å². The Hall–Kier alpha value is -2.42. The summed E-state index contributed by atoms with van der Waals surface area (Å²) in [7, 11) is 0. The summed E-state index contributed by atoms with van der Waals surface area (Å²) in [5, 5.41) is 8.13. The van der Waals surface area contributed by atoms with E-state index in [9.17, 15) is 4.79 Å². The standard InChI is InChI=1S/C21H24Cl2N6O2/c22-16-2-3-17(18(23)12-16)20-26-19(31-27-20)13-28-9-4-15(5-10-28)21(30)25-6-1-8-29-11-7-24-14-29/h2-3,7,11-12,14-15H,1,4-6,8-10,13H2,(H,25,30). The van der Waals surface area contributed by atoms with E-state index in [1.165, 1.54) is 0 Å². The highest BCUT2D eigenvalue weighted by atomic mass is 35.5. The van der Waals surface area contributed by atoms with Crippen molar-refractivity contribution in [3.63, 3.8) is 0 Å². The van der Waals surface area contributed by atoms with Crippen molar-refractivity contribution in [1.82, 2.24) is 29.9 Å². The molecular weight excluding hydrogens is 439 g/mol. The normalized spacial score (nSPS) is 15.3. The highest BCUT2D eigenvalue weighted by Gasteiger charge is 2.26. The number of hydrogen-bond acceptors (Lipinski definition) is 6. The number of hydrogen-bond donors (Lipinski definition) is 1. The van der Waals surface area contributed by atoms with E-state index in [2.05, 4.69) is 25.3 Å². The third kappa shape index (κ3) is 5.84. The molecule has 0 atom stereocenters. The first-order chi connectivity index (χ1) is 15.1. The van der Waals surface area contributed by atoms with Gasteiger partial charge in [0.05, 0.1) is 17.9 Å². The monoisotopic (exact) mass is 462 g/mol. The quantitative estimate of drug-likeness (QED) is 0.513. The van der Waals surface area contributed by atoms with Crippen molar-refractivity contribution in [3.8, 4) is 11.4 Å². The van der Waals surface area contributed by atoms with Gasteiger partial charge < -0.3 is 14.4 Å². The van der Waals surface area contributed by atoms with E-state index >= 15 is 0 Å². The van der Waals surface area contributed by atoms with Crippen molar-refractivity contribution in [2.24, 2.45) is 5.92 Å². The molecular formula is C21H24Cl2N6O2. The van der Waals surface area contributed by atoms with E-state index in [1.807, 2.05) is 10.8 Å². The lowest BCUT2D eigenvalue weighted by Crippen LogP contribution is -2.40. The van der Waals surface area contributed by atoms with Crippen LogP contribution < -0.4 is 5.32 Å². The van der Waals surface area contributed by atoms with Gasteiger partial charge >= 0.3 is 0 Å². The lowest BCUT2D eigenvalue weighted by molar-refractivity contribution is -0.126. The number of imidazole rings is 1. The molecule has 8 nitrogen and oxygen atoms in total. The van der Waals surface area contributed by atoms with E-state index in [4.69, 9.17) is 27.7 Å². The number of aromatic nitrogens is 4. The topological polar surface area (TPSA) is 89.1 Å². The van der Waals surface area contributed by atoms with Gasteiger partial charge in [-0.3, -0.25) is 9.69 Å². The molecule has 1 amide bonds. The molecule has 3 aromatic rings. The molecule has 1 saturated heterocycles. The molecule has 0 spiro atoms. The number of aryl methyl sites for hydroxylation is 1. The molecule has 1 aromatic carbocycles. The molecule has 0 unspecified atom stereocenters. The van der Waals surface area contributed by atoms with Crippen molar-refractivity contribution in [2.45, 2.75) is 32.4 Å². The molecule has 1 aliphatic rings. The predicted octanol–water partition coefficient (Wildman–Crippen LogP) is 3.66. The highest BCUT2D eigenvalue weighted by molar-refractivity contribution is 6.36. The molecule has 1 fully saturated rings. The van der Waals surface area contributed by atoms with Crippen LogP contribution in [0.1, 0.15) is 25.2 Å². The van der Waals surface area contributed by atoms with Gasteiger partial charge in [0.2, 0.25) is 17.6 Å². The maximum absolute atomic E-state index is 12.4. The maximum Gasteiger partial charge on any atom is 0.241 e. The van der Waals surface area contributed by atoms with E-state index in [1.54, 1.807) is 30.7 Å². The van der Waals surface area contributed by atoms with Gasteiger partial charge in [0.25, 0.3) is 0 Å². The average Bonchev–Trinajstić information content (AvgIpc) is 3.44. The molecule has 164 valence electrons. The molecule has 0 radical (unpaired) electrons. The number of carbonyl (C=O) groups is 1. The Balaban J connectivity index is 1.20. The fourth-order valence-electron chi connectivity index (χ4n) is 3.68. The lowest BCUT2D eigenvalue weighted by atomic mass is 9.96. The number of amides is 1. The fourth-order valence-corrected chi connectivity index (χ4v) is 4.17. The highest BCUT2D eigenvalue weighted by Crippen LogP contribution is 2.28. The first kappa shape index (κ1) is 21.8. The number of rotatable bonds is 8. The van der Waals surface area contributed by atoms with Crippen molar-refractivity contribution >= 4 is 29.1 Å². The SMILES string of the molecule is O=C(NCCCn1ccnc1)C1CCN(Cc2nc(-c3ccc(Cl)cc3Cl)no2)CC1. The van der Waals surface area contributed by atoms with Crippen LogP contribution in [-0.4, -0.2) is 50.1 Å². The number of benzene rings is 1. The Bertz CT molecular complexity index is 999. The summed E-state index contributed by atoms with van der Waals surface area (Å²) < 4.78 is 7.41. The zero-order chi connectivity index (χ0) is 21.6. The Morgan fingerprint density at radius 2 is 2.10 bits per heavy atom. The second kappa shape index (κ2) is 10.3. The van der Waals surface area contributed by atoms with Gasteiger partial charge in [-0.1, -0.05) is 28.4 Å². The smallest absolute Gasteiger partial charge is 0.241 e. The second-order valence-corrected chi connectivity index (χ2v) is 8.48. The van der Waals surface area contributed by atoms with E-state index in [-0.39, 0.29) is 11.8 Å². The minimum Gasteiger partial charge on any atom is -0.356 e. The van der Waals surface area contributed by atoms with Crippen LogP contribution in [0.5, 0.6) is 0 Å². The molecule has 31 heavy (non-hydrogen) atoms. The Morgan fingerprint density at radius 1 is 1.26 bits per heavy atom. The minimum atomic E-state index is 0.0515. The molecule has 1 aliphatic heterocycles. The maximum atomic E-state index is 12.4. The van der Waals surface area contributed by atoms with Gasteiger partial charge in [-0.2, -0.15) is 4.98 Å². The zero-order valence-corrected chi connectivity index (χ0v) is 18.5. The van der Waals surface area contributed by atoms with Crippen LogP contribution in [0.2, 0.25) is 10.0 Å². The van der Waals surface area contributed by atoms with Crippen LogP contribution in [-0.2, 0) is 17.9 Å². The molecule has 0 bridgehead atoms. The third-order valence-electron chi connectivity index (χ3n) is 5.41. The van der Waals surface area contributed by atoms with Gasteiger partial charge in [-0.25, -0.2) is 4.98 Å². The fraction of sp³-hybridized carbons (Fsp3) is 0.429. The summed E-state index contributed by atoms with van der Waals surface area (Å²) in [5.41, 5.74) is 0.685. The Kier molecular flexibility index (Phi) is 7.21. The lowest BCUT2D eigenvalue weighted by Gasteiger charge is -2.30. The van der Waals surface area contributed by atoms with Gasteiger partial charge in [-0.05, 0) is 50.6 Å². The summed E-state index contributed by atoms with van der Waals surface area (Å²) in [6.07, 6.45) is 7.99. The molecule has 3 heterocycles. The van der Waals surface area contributed by atoms with Crippen molar-refractivity contribution in [3.05, 3.63) is 52.9 Å². The number of likely N-dealkylation sites (tertiary alicyclic amines) is 1. The summed E-state index contributed by atoms with van der Waals surface area (Å²) >= 11 is 12.2. The summed E-state index contributed by atoms with van der Waals surface area (Å²) in [6.45, 7) is 3.71. The van der Waals surface area contributed by atoms with Crippen LogP contribution in [0.4, 0.5) is 0 Å². The molecule has 10 heteroatoms. The minimum absolute atomic E-state index is 0.0515. The Labute approximate surface area is 190 Å². The average molecular weight is 463 g/mol. The molecule has 0 aliphatic carbocycles. The van der Waals surface area contributed by atoms with Crippen molar-refractivity contribution in [2.75, 3.05) is 19.6 Å². The van der Waals surface area contributed by atoms with Gasteiger partial charge in [0, 0.05) is 42.0 Å². The summed E-state index contributed by atoms with van der Waals surface area (Å²) in [4.78, 5) is 23.1. The van der Waals surface area contributed by atoms with E-state index in [0.717, 1.165) is 38.9 Å². The van der Waals surface area contributed by atoms with Crippen LogP contribution in [0.3, 0.4) is 0 Å². The molecule has 0 saturated carbocycles. The number of piperidine rings is 1. The predicted molar refractivity (Wildman–Crippen MR) is 118 cm³/mol. The van der Waals surface area contributed by atoms with Gasteiger partial charge in [0.15, 0.2) is 0 Å². The number of nitrogens with zero attached hydrogens (tertiary/aromatic N) is 5. The van der Waals surface area contributed by atoms with Crippen LogP contribution in [0.25, 0.3) is 11.4 Å². The number of halogens is 2. The molecule has 1 N–H and O–H groups in total. The molecule has 2 aromatic heterocycles. The van der Waals surface area contributed by atoms with Gasteiger partial charge in [-0.15, -0.1) is 0 Å². The van der Waals surface area contributed by atoms with Crippen LogP contribution in [0.15, 0.2) is 41.4 Å². The van der Waals surface area contributed by atoms with Crippen molar-refractivity contribution < 1.29 is 9.32 Å². The largest absolute Gasteiger partial charge is 0.356 e. The van der Waals surface area contributed by atoms with E-state index in [0.29, 0.717) is 40.4 Å². The number of nitrogens with one attached hydrogen (secondary N) is 1. The van der Waals surface area contributed by atoms with E-state index < -0.39 is 0 Å². The number of carbonyl (C=O) groups excluding carboxylic acids is 1.